The average molecular weight is 329 g/mol. The number of nitrogens with one attached hydrogen (secondary N) is 1. The van der Waals surface area contributed by atoms with E-state index in [0.717, 1.165) is 16.8 Å². The zero-order chi connectivity index (χ0) is 15.4. The van der Waals surface area contributed by atoms with Gasteiger partial charge in [-0.15, -0.1) is 0 Å². The number of hydrogen-bond acceptors (Lipinski definition) is 4. The fourth-order valence-corrected chi connectivity index (χ4v) is 2.79. The number of halogens is 2. The normalized spacial score (nSPS) is 12.6. The molecule has 0 saturated heterocycles. The van der Waals surface area contributed by atoms with E-state index in [9.17, 15) is 0 Å². The van der Waals surface area contributed by atoms with Crippen LogP contribution in [0.4, 0.5) is 0 Å². The summed E-state index contributed by atoms with van der Waals surface area (Å²) < 4.78 is 6.86. The zero-order valence-electron chi connectivity index (χ0n) is 11.9. The fourth-order valence-electron chi connectivity index (χ4n) is 2.20. The highest BCUT2D eigenvalue weighted by Gasteiger charge is 2.23. The molecule has 7 heteroatoms. The molecule has 2 aromatic rings. The number of hydrogen-bond donors (Lipinski definition) is 2. The Bertz CT molecular complexity index is 615. The first-order chi connectivity index (χ1) is 10.1. The van der Waals surface area contributed by atoms with Crippen LogP contribution in [0.15, 0.2) is 24.4 Å². The number of ether oxygens (including phenoxy) is 1. The van der Waals surface area contributed by atoms with Crippen molar-refractivity contribution in [2.75, 3.05) is 13.7 Å². The standard InChI is InChI=1S/C14H18Cl2N4O/c1-9-3-4-10(11(15)7-9)13(19-17)14-12(16)8-18-20(14)5-6-21-2/h3-4,7-8,13,19H,5-6,17H2,1-2H3. The lowest BCUT2D eigenvalue weighted by Gasteiger charge is -2.20. The lowest BCUT2D eigenvalue weighted by molar-refractivity contribution is 0.182. The van der Waals surface area contributed by atoms with Gasteiger partial charge in [-0.2, -0.15) is 5.10 Å². The van der Waals surface area contributed by atoms with Gasteiger partial charge in [0.15, 0.2) is 0 Å². The van der Waals surface area contributed by atoms with E-state index in [4.69, 9.17) is 33.8 Å². The molecular formula is C14H18Cl2N4O. The number of aryl methyl sites for hydroxylation is 1. The molecule has 0 amide bonds. The smallest absolute Gasteiger partial charge is 0.0907 e. The molecule has 0 saturated carbocycles. The number of nitrogens with two attached hydrogens (primary N) is 1. The van der Waals surface area contributed by atoms with Crippen molar-refractivity contribution in [3.8, 4) is 0 Å². The third-order valence-corrected chi connectivity index (χ3v) is 3.87. The van der Waals surface area contributed by atoms with Crippen molar-refractivity contribution < 1.29 is 4.74 Å². The number of rotatable bonds is 6. The van der Waals surface area contributed by atoms with Crippen LogP contribution >= 0.6 is 23.2 Å². The SMILES string of the molecule is COCCn1ncc(Cl)c1C(NN)c1ccc(C)cc1Cl. The summed E-state index contributed by atoms with van der Waals surface area (Å²) in [5.74, 6) is 5.73. The predicted molar refractivity (Wildman–Crippen MR) is 84.5 cm³/mol. The molecule has 1 unspecified atom stereocenters. The van der Waals surface area contributed by atoms with Crippen LogP contribution in [0.1, 0.15) is 22.9 Å². The van der Waals surface area contributed by atoms with Gasteiger partial charge >= 0.3 is 0 Å². The molecule has 1 aromatic carbocycles. The van der Waals surface area contributed by atoms with Crippen LogP contribution in [-0.4, -0.2) is 23.5 Å². The van der Waals surface area contributed by atoms with Crippen molar-refractivity contribution in [3.05, 3.63) is 51.3 Å². The minimum atomic E-state index is -0.343. The molecule has 0 aliphatic heterocycles. The zero-order valence-corrected chi connectivity index (χ0v) is 13.4. The summed E-state index contributed by atoms with van der Waals surface area (Å²) in [6.45, 7) is 3.10. The minimum absolute atomic E-state index is 0.343. The van der Waals surface area contributed by atoms with Crippen molar-refractivity contribution in [1.29, 1.82) is 0 Å². The quantitative estimate of drug-likeness (QED) is 0.632. The average Bonchev–Trinajstić information content (AvgIpc) is 2.81. The maximum Gasteiger partial charge on any atom is 0.0907 e. The Morgan fingerprint density at radius 1 is 1.38 bits per heavy atom. The molecule has 3 N–H and O–H groups in total. The molecule has 0 aliphatic rings. The summed E-state index contributed by atoms with van der Waals surface area (Å²) in [4.78, 5) is 0. The number of nitrogens with zero attached hydrogens (tertiary/aromatic N) is 2. The van der Waals surface area contributed by atoms with Crippen LogP contribution in [0.2, 0.25) is 10.0 Å². The van der Waals surface area contributed by atoms with Gasteiger partial charge in [0.05, 0.1) is 36.1 Å². The second kappa shape index (κ2) is 7.24. The van der Waals surface area contributed by atoms with E-state index in [1.807, 2.05) is 25.1 Å². The Balaban J connectivity index is 2.43. The van der Waals surface area contributed by atoms with Crippen LogP contribution < -0.4 is 11.3 Å². The van der Waals surface area contributed by atoms with Gasteiger partial charge in [0.1, 0.15) is 0 Å². The van der Waals surface area contributed by atoms with E-state index in [2.05, 4.69) is 10.5 Å². The van der Waals surface area contributed by atoms with Crippen LogP contribution in [0.25, 0.3) is 0 Å². The maximum atomic E-state index is 6.34. The third kappa shape index (κ3) is 3.56. The second-order valence-electron chi connectivity index (χ2n) is 4.72. The van der Waals surface area contributed by atoms with Gasteiger partial charge < -0.3 is 4.74 Å². The molecule has 1 atom stereocenters. The fraction of sp³-hybridized carbons (Fsp3) is 0.357. The number of methoxy groups -OCH3 is 1. The van der Waals surface area contributed by atoms with E-state index >= 15 is 0 Å². The van der Waals surface area contributed by atoms with Crippen LogP contribution in [-0.2, 0) is 11.3 Å². The Morgan fingerprint density at radius 3 is 2.76 bits per heavy atom. The van der Waals surface area contributed by atoms with Crippen molar-refractivity contribution >= 4 is 23.2 Å². The van der Waals surface area contributed by atoms with E-state index in [1.165, 1.54) is 0 Å². The largest absolute Gasteiger partial charge is 0.383 e. The molecule has 114 valence electrons. The van der Waals surface area contributed by atoms with E-state index < -0.39 is 0 Å². The second-order valence-corrected chi connectivity index (χ2v) is 5.53. The monoisotopic (exact) mass is 328 g/mol. The highest BCUT2D eigenvalue weighted by atomic mass is 35.5. The van der Waals surface area contributed by atoms with E-state index in [-0.39, 0.29) is 6.04 Å². The minimum Gasteiger partial charge on any atom is -0.383 e. The summed E-state index contributed by atoms with van der Waals surface area (Å²) in [5, 5.41) is 5.43. The summed E-state index contributed by atoms with van der Waals surface area (Å²) in [6, 6.07) is 5.47. The number of benzene rings is 1. The highest BCUT2D eigenvalue weighted by Crippen LogP contribution is 2.32. The summed E-state index contributed by atoms with van der Waals surface area (Å²) >= 11 is 12.6. The summed E-state index contributed by atoms with van der Waals surface area (Å²) in [5.41, 5.74) is 5.47. The molecule has 0 aliphatic carbocycles. The first kappa shape index (κ1) is 16.3. The Morgan fingerprint density at radius 2 is 2.14 bits per heavy atom. The van der Waals surface area contributed by atoms with Crippen molar-refractivity contribution in [2.45, 2.75) is 19.5 Å². The molecule has 0 fully saturated rings. The molecule has 5 nitrogen and oxygen atoms in total. The third-order valence-electron chi connectivity index (χ3n) is 3.25. The van der Waals surface area contributed by atoms with Crippen molar-refractivity contribution in [2.24, 2.45) is 5.84 Å². The Labute approximate surface area is 134 Å². The highest BCUT2D eigenvalue weighted by molar-refractivity contribution is 6.32. The molecule has 2 rings (SSSR count). The molecule has 0 spiro atoms. The first-order valence-corrected chi connectivity index (χ1v) is 7.26. The summed E-state index contributed by atoms with van der Waals surface area (Å²) in [6.07, 6.45) is 1.60. The molecule has 0 bridgehead atoms. The molecular weight excluding hydrogens is 311 g/mol. The Hall–Kier alpha value is -1.11. The predicted octanol–water partition coefficient (Wildman–Crippen LogP) is 2.70. The van der Waals surface area contributed by atoms with Crippen LogP contribution in [0.3, 0.4) is 0 Å². The van der Waals surface area contributed by atoms with Gasteiger partial charge in [0.2, 0.25) is 0 Å². The van der Waals surface area contributed by atoms with Gasteiger partial charge in [-0.05, 0) is 24.1 Å². The topological polar surface area (TPSA) is 65.1 Å². The van der Waals surface area contributed by atoms with E-state index in [0.29, 0.717) is 23.2 Å². The van der Waals surface area contributed by atoms with Crippen LogP contribution in [0, 0.1) is 6.92 Å². The molecule has 1 heterocycles. The molecule has 1 aromatic heterocycles. The van der Waals surface area contributed by atoms with Gasteiger partial charge in [-0.25, -0.2) is 5.43 Å². The lowest BCUT2D eigenvalue weighted by atomic mass is 10.0. The lowest BCUT2D eigenvalue weighted by Crippen LogP contribution is -2.31. The van der Waals surface area contributed by atoms with E-state index in [1.54, 1.807) is 18.0 Å². The van der Waals surface area contributed by atoms with Crippen molar-refractivity contribution in [1.82, 2.24) is 15.2 Å². The van der Waals surface area contributed by atoms with Crippen LogP contribution in [0.5, 0.6) is 0 Å². The first-order valence-electron chi connectivity index (χ1n) is 6.50. The van der Waals surface area contributed by atoms with Gasteiger partial charge in [0.25, 0.3) is 0 Å². The van der Waals surface area contributed by atoms with Gasteiger partial charge in [0, 0.05) is 12.1 Å². The van der Waals surface area contributed by atoms with Gasteiger partial charge in [-0.1, -0.05) is 35.3 Å². The maximum absolute atomic E-state index is 6.34. The number of hydrazine groups is 1. The summed E-state index contributed by atoms with van der Waals surface area (Å²) in [7, 11) is 1.64. The Kier molecular flexibility index (Phi) is 5.61. The molecule has 0 radical (unpaired) electrons. The van der Waals surface area contributed by atoms with Crippen molar-refractivity contribution in [3.63, 3.8) is 0 Å². The van der Waals surface area contributed by atoms with Gasteiger partial charge in [-0.3, -0.25) is 10.5 Å². The molecule has 21 heavy (non-hydrogen) atoms. The number of aromatic nitrogens is 2.